The Kier molecular flexibility index (Phi) is 9.83. The number of amides is 4. The molecular weight excluding hydrogens is 744 g/mol. The number of imide groups is 2. The molecule has 0 spiro atoms. The van der Waals surface area contributed by atoms with Crippen LogP contribution in [0.2, 0.25) is 0 Å². The molecule has 7 rings (SSSR count). The Hall–Kier alpha value is -4.08. The highest BCUT2D eigenvalue weighted by Gasteiger charge is 2.41. The van der Waals surface area contributed by atoms with Crippen LogP contribution in [0.25, 0.3) is 43.1 Å². The highest BCUT2D eigenvalue weighted by Crippen LogP contribution is 2.52. The van der Waals surface area contributed by atoms with E-state index < -0.39 is 5.60 Å². The predicted octanol–water partition coefficient (Wildman–Crippen LogP) is 11.2. The molecule has 0 fully saturated rings. The van der Waals surface area contributed by atoms with Gasteiger partial charge in [-0.05, 0) is 94.3 Å². The van der Waals surface area contributed by atoms with E-state index in [0.717, 1.165) is 38.7 Å². The average Bonchev–Trinajstić information content (AvgIpc) is 3.16. The Balaban J connectivity index is 1.57. The summed E-state index contributed by atoms with van der Waals surface area (Å²) < 4.78 is 14.2. The Morgan fingerprint density at radius 1 is 0.593 bits per heavy atom. The number of ether oxygens (including phenoxy) is 2. The van der Waals surface area contributed by atoms with Crippen molar-refractivity contribution in [2.45, 2.75) is 131 Å². The number of fused-ring (bicyclic) bond motifs is 2. The van der Waals surface area contributed by atoms with Crippen molar-refractivity contribution in [3.8, 4) is 5.75 Å². The number of hydrogen-bond donors (Lipinski definition) is 0. The normalized spacial score (nSPS) is 16.1. The molecule has 5 aromatic carbocycles. The molecule has 0 N–H and O–H groups in total. The Morgan fingerprint density at radius 3 is 1.54 bits per heavy atom. The average molecular weight is 796 g/mol. The van der Waals surface area contributed by atoms with Gasteiger partial charge in [-0.25, -0.2) is 0 Å². The zero-order chi connectivity index (χ0) is 39.0. The van der Waals surface area contributed by atoms with Gasteiger partial charge in [-0.15, -0.1) is 0 Å². The van der Waals surface area contributed by atoms with E-state index in [-0.39, 0.29) is 41.3 Å². The van der Waals surface area contributed by atoms with E-state index in [1.165, 1.54) is 9.80 Å². The fourth-order valence-electron chi connectivity index (χ4n) is 8.68. The van der Waals surface area contributed by atoms with Gasteiger partial charge in [0.2, 0.25) is 0 Å². The summed E-state index contributed by atoms with van der Waals surface area (Å²) in [5.74, 6) is -0.691. The molecule has 5 aromatic rings. The smallest absolute Gasteiger partial charge is 0.261 e. The number of benzene rings is 5. The zero-order valence-electron chi connectivity index (χ0n) is 33.0. The number of rotatable bonds is 14. The molecule has 2 aliphatic heterocycles. The Labute approximate surface area is 326 Å². The maximum atomic E-state index is 14.6. The minimum atomic E-state index is -0.671. The van der Waals surface area contributed by atoms with Gasteiger partial charge < -0.3 is 9.47 Å². The fraction of sp³-hybridized carbons (Fsp3) is 0.467. The van der Waals surface area contributed by atoms with Gasteiger partial charge in [-0.1, -0.05) is 69.6 Å². The molecule has 0 saturated heterocycles. The molecule has 0 aromatic heterocycles. The quantitative estimate of drug-likeness (QED) is 0.0631. The summed E-state index contributed by atoms with van der Waals surface area (Å²) in [6, 6.07) is 10.8. The van der Waals surface area contributed by atoms with Crippen molar-refractivity contribution in [1.82, 2.24) is 9.80 Å². The molecule has 8 nitrogen and oxygen atoms in total. The minimum Gasteiger partial charge on any atom is -0.487 e. The molecule has 2 heterocycles. The third kappa shape index (κ3) is 5.63. The van der Waals surface area contributed by atoms with Crippen molar-refractivity contribution in [1.29, 1.82) is 0 Å². The van der Waals surface area contributed by atoms with Gasteiger partial charge >= 0.3 is 0 Å². The maximum Gasteiger partial charge on any atom is 0.261 e. The van der Waals surface area contributed by atoms with Crippen LogP contribution < -0.4 is 4.74 Å². The van der Waals surface area contributed by atoms with Crippen LogP contribution in [0, 0.1) is 0 Å². The van der Waals surface area contributed by atoms with E-state index in [4.69, 9.17) is 9.47 Å². The number of carbonyl (C=O) groups excluding carboxylic acids is 4. The fourth-order valence-corrected chi connectivity index (χ4v) is 9.32. The predicted molar refractivity (Wildman–Crippen MR) is 219 cm³/mol. The van der Waals surface area contributed by atoms with Gasteiger partial charge in [0, 0.05) is 72.0 Å². The van der Waals surface area contributed by atoms with E-state index in [0.29, 0.717) is 88.4 Å². The van der Waals surface area contributed by atoms with Crippen LogP contribution in [0.3, 0.4) is 0 Å². The standard InChI is InChI=1S/C45H51BrN2O6/c1-10-24(11-2)47-40(49)28-19-17-27-37-33(54-45(9,15-6)20-21-53-44(7,8)14-5)23-31-35-29(41(50)48(43(31)52)25(12-3)13-4)18-16-26(39(35)37)36-32(46)22-30(42(47)51)34(28)38(27)36/h16-19,22-25H,10-15,20-21H2,1-9H3. The van der Waals surface area contributed by atoms with Crippen molar-refractivity contribution < 1.29 is 28.7 Å². The first-order valence-electron chi connectivity index (χ1n) is 19.7. The third-order valence-electron chi connectivity index (χ3n) is 12.5. The van der Waals surface area contributed by atoms with E-state index in [9.17, 15) is 19.2 Å². The Morgan fingerprint density at radius 2 is 1.06 bits per heavy atom. The van der Waals surface area contributed by atoms with Gasteiger partial charge in [-0.3, -0.25) is 29.0 Å². The summed E-state index contributed by atoms with van der Waals surface area (Å²) in [5, 5.41) is 5.94. The summed E-state index contributed by atoms with van der Waals surface area (Å²) in [5.41, 5.74) is 0.929. The first-order valence-corrected chi connectivity index (χ1v) is 20.5. The van der Waals surface area contributed by atoms with E-state index in [1.54, 1.807) is 0 Å². The molecular formula is C45H51BrN2O6. The molecule has 4 amide bonds. The third-order valence-corrected chi connectivity index (χ3v) is 13.1. The van der Waals surface area contributed by atoms with E-state index in [1.807, 2.05) is 64.1 Å². The highest BCUT2D eigenvalue weighted by atomic mass is 79.9. The molecule has 1 atom stereocenters. The number of nitrogens with zero attached hydrogens (tertiary/aromatic N) is 2. The van der Waals surface area contributed by atoms with Crippen LogP contribution in [0.4, 0.5) is 0 Å². The van der Waals surface area contributed by atoms with Gasteiger partial charge in [0.15, 0.2) is 0 Å². The van der Waals surface area contributed by atoms with Gasteiger partial charge in [0.25, 0.3) is 23.6 Å². The first kappa shape index (κ1) is 38.2. The van der Waals surface area contributed by atoms with Crippen LogP contribution in [0.5, 0.6) is 5.75 Å². The summed E-state index contributed by atoms with van der Waals surface area (Å²) in [7, 11) is 0. The number of halogens is 1. The molecule has 9 heteroatoms. The molecule has 0 aliphatic carbocycles. The second-order valence-corrected chi connectivity index (χ2v) is 16.8. The van der Waals surface area contributed by atoms with Gasteiger partial charge in [-0.2, -0.15) is 0 Å². The summed E-state index contributed by atoms with van der Waals surface area (Å²) in [6.07, 6.45) is 4.76. The second kappa shape index (κ2) is 13.9. The number of carbonyl (C=O) groups is 4. The minimum absolute atomic E-state index is 0.218. The molecule has 0 radical (unpaired) electrons. The molecule has 284 valence electrons. The summed E-state index contributed by atoms with van der Waals surface area (Å²) in [4.78, 5) is 60.3. The molecule has 1 unspecified atom stereocenters. The molecule has 0 bridgehead atoms. The Bertz CT molecular complexity index is 2370. The lowest BCUT2D eigenvalue weighted by atomic mass is 9.81. The lowest BCUT2D eigenvalue weighted by molar-refractivity contribution is -0.0463. The van der Waals surface area contributed by atoms with E-state index in [2.05, 4.69) is 50.5 Å². The van der Waals surface area contributed by atoms with Crippen LogP contribution in [0.15, 0.2) is 40.9 Å². The van der Waals surface area contributed by atoms with Gasteiger partial charge in [0.05, 0.1) is 17.8 Å². The molecule has 0 saturated carbocycles. The maximum absolute atomic E-state index is 14.6. The topological polar surface area (TPSA) is 93.2 Å². The van der Waals surface area contributed by atoms with Crippen LogP contribution in [-0.4, -0.2) is 63.3 Å². The number of hydrogen-bond acceptors (Lipinski definition) is 6. The van der Waals surface area contributed by atoms with Crippen LogP contribution in [-0.2, 0) is 4.74 Å². The van der Waals surface area contributed by atoms with Crippen molar-refractivity contribution >= 4 is 82.6 Å². The van der Waals surface area contributed by atoms with Crippen LogP contribution >= 0.6 is 15.9 Å². The highest BCUT2D eigenvalue weighted by molar-refractivity contribution is 9.10. The van der Waals surface area contributed by atoms with Crippen molar-refractivity contribution in [3.05, 3.63) is 63.1 Å². The largest absolute Gasteiger partial charge is 0.487 e. The SMILES string of the molecule is CCC(CC)N1C(=O)c2ccc3c4c(OC(C)(CC)CCOC(C)(C)CC)cc5c6c(ccc(c7c(Br)cc(c2c37)C1=O)c64)C(=O)N(C(CC)CC)C5=O. The first-order chi connectivity index (χ1) is 25.7. The van der Waals surface area contributed by atoms with Crippen molar-refractivity contribution in [3.63, 3.8) is 0 Å². The van der Waals surface area contributed by atoms with Crippen molar-refractivity contribution in [2.24, 2.45) is 0 Å². The van der Waals surface area contributed by atoms with Crippen molar-refractivity contribution in [2.75, 3.05) is 6.61 Å². The van der Waals surface area contributed by atoms with E-state index >= 15 is 0 Å². The lowest BCUT2D eigenvalue weighted by Gasteiger charge is -2.36. The molecule has 54 heavy (non-hydrogen) atoms. The zero-order valence-corrected chi connectivity index (χ0v) is 34.6. The lowest BCUT2D eigenvalue weighted by Crippen LogP contribution is -2.46. The summed E-state index contributed by atoms with van der Waals surface area (Å²) in [6.45, 7) is 18.9. The second-order valence-electron chi connectivity index (χ2n) is 15.9. The van der Waals surface area contributed by atoms with Crippen LogP contribution in [0.1, 0.15) is 149 Å². The van der Waals surface area contributed by atoms with Gasteiger partial charge in [0.1, 0.15) is 11.4 Å². The summed E-state index contributed by atoms with van der Waals surface area (Å²) >= 11 is 3.86. The molecule has 2 aliphatic rings. The monoisotopic (exact) mass is 794 g/mol.